The third kappa shape index (κ3) is 5.11. The second kappa shape index (κ2) is 8.89. The van der Waals surface area contributed by atoms with Gasteiger partial charge in [-0.05, 0) is 37.6 Å². The third-order valence-corrected chi connectivity index (χ3v) is 4.56. The molecule has 3 rings (SSSR count). The SMILES string of the molecule is CN(CCOc1cccc(CNC2=NCCN2)c1)C1CCOCC1. The number of aliphatic imine (C=N–C) groups is 1. The van der Waals surface area contributed by atoms with Crippen LogP contribution >= 0.6 is 0 Å². The maximum Gasteiger partial charge on any atom is 0.191 e. The van der Waals surface area contributed by atoms with Gasteiger partial charge < -0.3 is 20.1 Å². The standard InChI is InChI=1S/C18H28N4O2/c1-22(16-5-10-23-11-6-16)9-12-24-17-4-2-3-15(13-17)14-21-18-19-7-8-20-18/h2-4,13,16H,5-12,14H2,1H3,(H2,19,20,21). The maximum atomic E-state index is 5.93. The molecular formula is C18H28N4O2. The molecule has 0 spiro atoms. The van der Waals surface area contributed by atoms with Crippen molar-refractivity contribution in [2.45, 2.75) is 25.4 Å². The number of benzene rings is 1. The van der Waals surface area contributed by atoms with Crippen LogP contribution in [0.2, 0.25) is 0 Å². The van der Waals surface area contributed by atoms with Gasteiger partial charge in [0.25, 0.3) is 0 Å². The Labute approximate surface area is 144 Å². The summed E-state index contributed by atoms with van der Waals surface area (Å²) in [6, 6.07) is 8.87. The Hall–Kier alpha value is -1.79. The van der Waals surface area contributed by atoms with Gasteiger partial charge in [-0.25, -0.2) is 0 Å². The highest BCUT2D eigenvalue weighted by atomic mass is 16.5. The number of guanidine groups is 1. The first-order chi connectivity index (χ1) is 11.8. The number of hydrogen-bond donors (Lipinski definition) is 2. The summed E-state index contributed by atoms with van der Waals surface area (Å²) in [5, 5.41) is 6.52. The highest BCUT2D eigenvalue weighted by molar-refractivity contribution is 5.81. The molecule has 1 aromatic carbocycles. The maximum absolute atomic E-state index is 5.93. The minimum atomic E-state index is 0.623. The van der Waals surface area contributed by atoms with Crippen molar-refractivity contribution in [1.82, 2.24) is 15.5 Å². The van der Waals surface area contributed by atoms with Crippen LogP contribution in [0.5, 0.6) is 5.75 Å². The van der Waals surface area contributed by atoms with Crippen molar-refractivity contribution in [1.29, 1.82) is 0 Å². The van der Waals surface area contributed by atoms with Crippen LogP contribution < -0.4 is 15.4 Å². The average Bonchev–Trinajstić information content (AvgIpc) is 3.15. The number of ether oxygens (including phenoxy) is 2. The fourth-order valence-corrected chi connectivity index (χ4v) is 3.06. The minimum absolute atomic E-state index is 0.623. The van der Waals surface area contributed by atoms with Gasteiger partial charge >= 0.3 is 0 Å². The predicted octanol–water partition coefficient (Wildman–Crippen LogP) is 1.22. The van der Waals surface area contributed by atoms with Crippen molar-refractivity contribution in [3.8, 4) is 5.75 Å². The molecule has 2 N–H and O–H groups in total. The second-order valence-corrected chi connectivity index (χ2v) is 6.33. The Bertz CT molecular complexity index is 544. The topological polar surface area (TPSA) is 58.1 Å². The molecular weight excluding hydrogens is 304 g/mol. The van der Waals surface area contributed by atoms with Crippen LogP contribution in [-0.4, -0.2) is 63.4 Å². The molecule has 0 bridgehead atoms. The van der Waals surface area contributed by atoms with Crippen LogP contribution in [0.15, 0.2) is 29.3 Å². The number of nitrogens with one attached hydrogen (secondary N) is 2. The minimum Gasteiger partial charge on any atom is -0.492 e. The molecule has 0 atom stereocenters. The van der Waals surface area contributed by atoms with Crippen LogP contribution in [0.3, 0.4) is 0 Å². The highest BCUT2D eigenvalue weighted by Crippen LogP contribution is 2.15. The molecule has 0 radical (unpaired) electrons. The van der Waals surface area contributed by atoms with E-state index in [1.54, 1.807) is 0 Å². The molecule has 24 heavy (non-hydrogen) atoms. The molecule has 1 fully saturated rings. The number of rotatable bonds is 7. The Morgan fingerprint density at radius 3 is 3.04 bits per heavy atom. The van der Waals surface area contributed by atoms with E-state index < -0.39 is 0 Å². The fourth-order valence-electron chi connectivity index (χ4n) is 3.06. The Morgan fingerprint density at radius 1 is 1.38 bits per heavy atom. The van der Waals surface area contributed by atoms with Crippen LogP contribution in [0.4, 0.5) is 0 Å². The van der Waals surface area contributed by atoms with E-state index in [4.69, 9.17) is 9.47 Å². The monoisotopic (exact) mass is 332 g/mol. The molecule has 1 saturated heterocycles. The summed E-state index contributed by atoms with van der Waals surface area (Å²) in [6.45, 7) is 5.94. The lowest BCUT2D eigenvalue weighted by Gasteiger charge is -2.31. The van der Waals surface area contributed by atoms with E-state index in [1.165, 1.54) is 5.56 Å². The Kier molecular flexibility index (Phi) is 6.32. The first-order valence-electron chi connectivity index (χ1n) is 8.83. The molecule has 6 nitrogen and oxygen atoms in total. The van der Waals surface area contributed by atoms with Gasteiger partial charge in [-0.1, -0.05) is 12.1 Å². The van der Waals surface area contributed by atoms with E-state index in [1.807, 2.05) is 12.1 Å². The van der Waals surface area contributed by atoms with Crippen molar-refractivity contribution in [2.24, 2.45) is 4.99 Å². The van der Waals surface area contributed by atoms with Crippen LogP contribution in [-0.2, 0) is 11.3 Å². The number of likely N-dealkylation sites (N-methyl/N-ethyl adjacent to an activating group) is 1. The summed E-state index contributed by atoms with van der Waals surface area (Å²) in [5.74, 6) is 1.82. The van der Waals surface area contributed by atoms with Crippen molar-refractivity contribution in [3.63, 3.8) is 0 Å². The molecule has 132 valence electrons. The van der Waals surface area contributed by atoms with E-state index in [2.05, 4.69) is 39.7 Å². The lowest BCUT2D eigenvalue weighted by Crippen LogP contribution is -2.38. The number of nitrogens with zero attached hydrogens (tertiary/aromatic N) is 2. The molecule has 0 saturated carbocycles. The molecule has 6 heteroatoms. The van der Waals surface area contributed by atoms with Gasteiger partial charge in [-0.15, -0.1) is 0 Å². The van der Waals surface area contributed by atoms with Crippen LogP contribution in [0.25, 0.3) is 0 Å². The van der Waals surface area contributed by atoms with E-state index in [9.17, 15) is 0 Å². The van der Waals surface area contributed by atoms with Crippen molar-refractivity contribution < 1.29 is 9.47 Å². The molecule has 0 unspecified atom stereocenters. The highest BCUT2D eigenvalue weighted by Gasteiger charge is 2.17. The van der Waals surface area contributed by atoms with Gasteiger partial charge in [0.05, 0.1) is 6.54 Å². The van der Waals surface area contributed by atoms with Crippen LogP contribution in [0, 0.1) is 0 Å². The quantitative estimate of drug-likeness (QED) is 0.786. The van der Waals surface area contributed by atoms with Crippen molar-refractivity contribution in [3.05, 3.63) is 29.8 Å². The summed E-state index contributed by atoms with van der Waals surface area (Å²) in [5.41, 5.74) is 1.20. The van der Waals surface area contributed by atoms with E-state index in [0.29, 0.717) is 12.6 Å². The van der Waals surface area contributed by atoms with Gasteiger partial charge in [0, 0.05) is 38.9 Å². The summed E-state index contributed by atoms with van der Waals surface area (Å²) in [7, 11) is 2.18. The van der Waals surface area contributed by atoms with E-state index in [0.717, 1.165) is 63.9 Å². The van der Waals surface area contributed by atoms with Gasteiger partial charge in [-0.3, -0.25) is 9.89 Å². The van der Waals surface area contributed by atoms with Gasteiger partial charge in [0.1, 0.15) is 12.4 Å². The smallest absolute Gasteiger partial charge is 0.191 e. The molecule has 0 aliphatic carbocycles. The molecule has 2 aliphatic rings. The lowest BCUT2D eigenvalue weighted by molar-refractivity contribution is 0.0392. The van der Waals surface area contributed by atoms with Crippen molar-refractivity contribution >= 4 is 5.96 Å². The second-order valence-electron chi connectivity index (χ2n) is 6.33. The largest absolute Gasteiger partial charge is 0.492 e. The average molecular weight is 332 g/mol. The predicted molar refractivity (Wildman–Crippen MR) is 95.6 cm³/mol. The van der Waals surface area contributed by atoms with Gasteiger partial charge in [-0.2, -0.15) is 0 Å². The third-order valence-electron chi connectivity index (χ3n) is 4.56. The molecule has 2 heterocycles. The van der Waals surface area contributed by atoms with Gasteiger partial charge in [0.2, 0.25) is 0 Å². The molecule has 0 amide bonds. The summed E-state index contributed by atoms with van der Waals surface area (Å²) >= 11 is 0. The summed E-state index contributed by atoms with van der Waals surface area (Å²) in [4.78, 5) is 6.72. The zero-order chi connectivity index (χ0) is 16.6. The summed E-state index contributed by atoms with van der Waals surface area (Å²) in [6.07, 6.45) is 2.24. The van der Waals surface area contributed by atoms with Crippen molar-refractivity contribution in [2.75, 3.05) is 46.5 Å². The lowest BCUT2D eigenvalue weighted by atomic mass is 10.1. The van der Waals surface area contributed by atoms with Gasteiger partial charge in [0.15, 0.2) is 5.96 Å². The zero-order valence-corrected chi connectivity index (χ0v) is 14.5. The molecule has 0 aromatic heterocycles. The molecule has 2 aliphatic heterocycles. The molecule has 1 aromatic rings. The van der Waals surface area contributed by atoms with E-state index in [-0.39, 0.29) is 0 Å². The zero-order valence-electron chi connectivity index (χ0n) is 14.5. The fraction of sp³-hybridized carbons (Fsp3) is 0.611. The summed E-state index contributed by atoms with van der Waals surface area (Å²) < 4.78 is 11.4. The normalized spacial score (nSPS) is 18.3. The van der Waals surface area contributed by atoms with Crippen LogP contribution in [0.1, 0.15) is 18.4 Å². The van der Waals surface area contributed by atoms with E-state index >= 15 is 0 Å². The Morgan fingerprint density at radius 2 is 2.25 bits per heavy atom. The first-order valence-corrected chi connectivity index (χ1v) is 8.83. The Balaban J connectivity index is 1.40. The number of hydrogen-bond acceptors (Lipinski definition) is 6. The first kappa shape index (κ1) is 17.0.